The number of carbonyl (C=O) groups is 2. The summed E-state index contributed by atoms with van der Waals surface area (Å²) in [7, 11) is 0. The number of hydrogen-bond acceptors (Lipinski definition) is 4. The van der Waals surface area contributed by atoms with Crippen LogP contribution in [-0.4, -0.2) is 28.7 Å². The number of amides is 1. The molecule has 1 aromatic rings. The first-order valence-electron chi connectivity index (χ1n) is 5.33. The van der Waals surface area contributed by atoms with E-state index in [1.807, 2.05) is 0 Å². The van der Waals surface area contributed by atoms with E-state index in [0.29, 0.717) is 11.4 Å². The van der Waals surface area contributed by atoms with Crippen LogP contribution in [0.3, 0.4) is 0 Å². The number of carbonyl (C=O) groups excluding carboxylic acids is 1. The molecule has 0 spiro atoms. The predicted octanol–water partition coefficient (Wildman–Crippen LogP) is 0.495. The van der Waals surface area contributed by atoms with E-state index >= 15 is 0 Å². The van der Waals surface area contributed by atoms with Gasteiger partial charge in [-0.1, -0.05) is 12.1 Å². The van der Waals surface area contributed by atoms with Crippen molar-refractivity contribution in [2.75, 3.05) is 6.61 Å². The van der Waals surface area contributed by atoms with E-state index in [1.165, 1.54) is 0 Å². The largest absolute Gasteiger partial charge is 0.482 e. The number of aliphatic carboxylic acids is 1. The van der Waals surface area contributed by atoms with Gasteiger partial charge in [-0.15, -0.1) is 0 Å². The third-order valence-corrected chi connectivity index (χ3v) is 2.48. The lowest BCUT2D eigenvalue weighted by molar-refractivity contribution is -0.139. The minimum absolute atomic E-state index is 0.276. The predicted molar refractivity (Wildman–Crippen MR) is 71.4 cm³/mol. The highest BCUT2D eigenvalue weighted by Crippen LogP contribution is 2.14. The first-order valence-corrected chi connectivity index (χ1v) is 5.74. The summed E-state index contributed by atoms with van der Waals surface area (Å²) in [6.45, 7) is -0.390. The van der Waals surface area contributed by atoms with E-state index in [2.05, 4.69) is 10.6 Å². The molecule has 1 aliphatic rings. The summed E-state index contributed by atoms with van der Waals surface area (Å²) in [6.07, 6.45) is 1.63. The Morgan fingerprint density at radius 2 is 2.00 bits per heavy atom. The number of thiocarbonyl (C=S) groups is 1. The van der Waals surface area contributed by atoms with E-state index in [0.717, 1.165) is 5.56 Å². The molecule has 0 saturated carbocycles. The maximum Gasteiger partial charge on any atom is 0.341 e. The average molecular weight is 278 g/mol. The molecule has 1 saturated heterocycles. The van der Waals surface area contributed by atoms with Crippen molar-refractivity contribution in [3.05, 3.63) is 35.5 Å². The first kappa shape index (κ1) is 13.0. The molecule has 0 unspecified atom stereocenters. The number of nitrogens with one attached hydrogen (secondary N) is 2. The van der Waals surface area contributed by atoms with E-state index in [4.69, 9.17) is 22.1 Å². The summed E-state index contributed by atoms with van der Waals surface area (Å²) in [5, 5.41) is 13.9. The minimum atomic E-state index is -1.04. The van der Waals surface area contributed by atoms with Gasteiger partial charge >= 0.3 is 5.97 Å². The molecule has 7 heteroatoms. The molecule has 1 heterocycles. The van der Waals surface area contributed by atoms with Gasteiger partial charge in [-0.25, -0.2) is 4.79 Å². The van der Waals surface area contributed by atoms with Gasteiger partial charge in [-0.2, -0.15) is 0 Å². The van der Waals surface area contributed by atoms with Crippen molar-refractivity contribution in [3.63, 3.8) is 0 Å². The molecule has 2 rings (SSSR count). The first-order chi connectivity index (χ1) is 9.04. The Labute approximate surface area is 114 Å². The van der Waals surface area contributed by atoms with Crippen LogP contribution in [0.2, 0.25) is 0 Å². The van der Waals surface area contributed by atoms with Crippen LogP contribution in [-0.2, 0) is 9.59 Å². The molecule has 1 aromatic carbocycles. The molecule has 1 fully saturated rings. The maximum atomic E-state index is 11.4. The Kier molecular flexibility index (Phi) is 3.76. The number of ether oxygens (including phenoxy) is 1. The summed E-state index contributed by atoms with van der Waals surface area (Å²) in [5.41, 5.74) is 1.13. The Hall–Kier alpha value is -2.41. The van der Waals surface area contributed by atoms with Gasteiger partial charge in [0.2, 0.25) is 0 Å². The molecule has 6 nitrogen and oxygen atoms in total. The smallest absolute Gasteiger partial charge is 0.341 e. The van der Waals surface area contributed by atoms with Crippen molar-refractivity contribution in [1.82, 2.24) is 10.6 Å². The molecule has 1 amide bonds. The topological polar surface area (TPSA) is 87.7 Å². The summed E-state index contributed by atoms with van der Waals surface area (Å²) in [4.78, 5) is 21.8. The molecule has 0 atom stereocenters. The quantitative estimate of drug-likeness (QED) is 0.549. The van der Waals surface area contributed by atoms with Gasteiger partial charge < -0.3 is 15.2 Å². The lowest BCUT2D eigenvalue weighted by atomic mass is 10.2. The van der Waals surface area contributed by atoms with Gasteiger partial charge in [-0.05, 0) is 36.0 Å². The third kappa shape index (κ3) is 3.52. The van der Waals surface area contributed by atoms with Crippen molar-refractivity contribution in [3.8, 4) is 5.75 Å². The lowest BCUT2D eigenvalue weighted by Gasteiger charge is -2.03. The molecular formula is C12H10N2O4S. The van der Waals surface area contributed by atoms with Crippen molar-refractivity contribution in [2.24, 2.45) is 0 Å². The number of carboxylic acids is 1. The highest BCUT2D eigenvalue weighted by Gasteiger charge is 2.19. The van der Waals surface area contributed by atoms with Gasteiger partial charge in [0.25, 0.3) is 5.91 Å². The number of rotatable bonds is 4. The molecule has 0 aromatic heterocycles. The summed E-state index contributed by atoms with van der Waals surface area (Å²) < 4.78 is 4.99. The highest BCUT2D eigenvalue weighted by molar-refractivity contribution is 7.80. The molecule has 0 bridgehead atoms. The van der Waals surface area contributed by atoms with Crippen LogP contribution < -0.4 is 15.4 Å². The minimum Gasteiger partial charge on any atom is -0.482 e. The van der Waals surface area contributed by atoms with Crippen LogP contribution in [0, 0.1) is 0 Å². The Morgan fingerprint density at radius 3 is 2.53 bits per heavy atom. The van der Waals surface area contributed by atoms with Crippen LogP contribution in [0.25, 0.3) is 6.08 Å². The van der Waals surface area contributed by atoms with Gasteiger partial charge in [0, 0.05) is 0 Å². The van der Waals surface area contributed by atoms with E-state index < -0.39 is 12.6 Å². The van der Waals surface area contributed by atoms with Crippen LogP contribution in [0.4, 0.5) is 0 Å². The Bertz CT molecular complexity index is 566. The molecule has 3 N–H and O–H groups in total. The second kappa shape index (κ2) is 5.49. The molecule has 0 aliphatic carbocycles. The van der Waals surface area contributed by atoms with Crippen LogP contribution >= 0.6 is 12.2 Å². The molecule has 1 aliphatic heterocycles. The zero-order valence-corrected chi connectivity index (χ0v) is 10.5. The van der Waals surface area contributed by atoms with Crippen LogP contribution in [0.15, 0.2) is 30.0 Å². The van der Waals surface area contributed by atoms with E-state index in [-0.39, 0.29) is 11.0 Å². The van der Waals surface area contributed by atoms with E-state index in [1.54, 1.807) is 30.3 Å². The van der Waals surface area contributed by atoms with Gasteiger partial charge in [-0.3, -0.25) is 10.1 Å². The number of carboxylic acid groups (broad SMARTS) is 1. The number of hydrogen-bond donors (Lipinski definition) is 3. The van der Waals surface area contributed by atoms with Gasteiger partial charge in [0.1, 0.15) is 11.4 Å². The van der Waals surface area contributed by atoms with E-state index in [9.17, 15) is 9.59 Å². The number of benzene rings is 1. The third-order valence-electron chi connectivity index (χ3n) is 2.27. The molecule has 19 heavy (non-hydrogen) atoms. The molecule has 98 valence electrons. The zero-order chi connectivity index (χ0) is 13.8. The average Bonchev–Trinajstić information content (AvgIpc) is 2.67. The fraction of sp³-hybridized carbons (Fsp3) is 0.0833. The zero-order valence-electron chi connectivity index (χ0n) is 9.67. The fourth-order valence-corrected chi connectivity index (χ4v) is 1.66. The standard InChI is InChI=1S/C12H10N2O4S/c15-10(16)6-18-8-3-1-7(2-4-8)5-9-11(17)14-12(19)13-9/h1-5H,6H2,(H,15,16)(H2,13,14,17,19)/b9-5-. The van der Waals surface area contributed by atoms with Crippen LogP contribution in [0.1, 0.15) is 5.56 Å². The van der Waals surface area contributed by atoms with Crippen LogP contribution in [0.5, 0.6) is 5.75 Å². The van der Waals surface area contributed by atoms with Crippen molar-refractivity contribution >= 4 is 35.3 Å². The second-order valence-corrected chi connectivity index (χ2v) is 4.13. The fourth-order valence-electron chi connectivity index (χ4n) is 1.45. The van der Waals surface area contributed by atoms with Gasteiger partial charge in [0.05, 0.1) is 0 Å². The van der Waals surface area contributed by atoms with Gasteiger partial charge in [0.15, 0.2) is 11.7 Å². The Balaban J connectivity index is 2.06. The van der Waals surface area contributed by atoms with Crippen molar-refractivity contribution in [1.29, 1.82) is 0 Å². The van der Waals surface area contributed by atoms with Crippen molar-refractivity contribution in [2.45, 2.75) is 0 Å². The molecule has 0 radical (unpaired) electrons. The SMILES string of the molecule is O=C(O)COc1ccc(/C=C2\NC(=S)NC2=O)cc1. The summed E-state index contributed by atoms with van der Waals surface area (Å²) in [5.74, 6) is -0.869. The Morgan fingerprint density at radius 1 is 1.32 bits per heavy atom. The maximum absolute atomic E-state index is 11.4. The lowest BCUT2D eigenvalue weighted by Crippen LogP contribution is -2.21. The molecular weight excluding hydrogens is 268 g/mol. The second-order valence-electron chi connectivity index (χ2n) is 3.72. The summed E-state index contributed by atoms with van der Waals surface area (Å²) >= 11 is 4.81. The normalized spacial score (nSPS) is 16.1. The highest BCUT2D eigenvalue weighted by atomic mass is 32.1. The summed E-state index contributed by atoms with van der Waals surface area (Å²) in [6, 6.07) is 6.67. The van der Waals surface area contributed by atoms with Crippen molar-refractivity contribution < 1.29 is 19.4 Å². The monoisotopic (exact) mass is 278 g/mol.